The molecule has 0 aliphatic rings. The molecule has 0 saturated heterocycles. The number of nitrogens with two attached hydrogens (primary N) is 2. The van der Waals surface area contributed by atoms with E-state index in [0.29, 0.717) is 23.4 Å². The Bertz CT molecular complexity index is 990. The molecule has 0 aliphatic carbocycles. The summed E-state index contributed by atoms with van der Waals surface area (Å²) in [5.41, 5.74) is 11.2. The zero-order chi connectivity index (χ0) is 23.7. The van der Waals surface area contributed by atoms with Gasteiger partial charge in [-0.1, -0.05) is 11.6 Å². The summed E-state index contributed by atoms with van der Waals surface area (Å²) in [4.78, 5) is 15.0. The SMILES string of the molecule is CCN(C(=O)c1cc(C)ccc1N/N=C\C=N)[C@@H](C)CN(N)/N=C(\N)c1ccc(F)cc1. The van der Waals surface area contributed by atoms with Gasteiger partial charge in [-0.05, 0) is 57.2 Å². The van der Waals surface area contributed by atoms with Gasteiger partial charge in [-0.15, -0.1) is 5.10 Å². The summed E-state index contributed by atoms with van der Waals surface area (Å²) in [7, 11) is 0. The highest BCUT2D eigenvalue weighted by atomic mass is 19.1. The third-order valence-electron chi connectivity index (χ3n) is 4.70. The van der Waals surface area contributed by atoms with Crippen molar-refractivity contribution in [1.82, 2.24) is 10.0 Å². The number of carbonyl (C=O) groups excluding carboxylic acids is 1. The van der Waals surface area contributed by atoms with Crippen molar-refractivity contribution >= 4 is 29.9 Å². The van der Waals surface area contributed by atoms with E-state index in [1.54, 1.807) is 17.0 Å². The number of nitrogens with zero attached hydrogens (tertiary/aromatic N) is 4. The van der Waals surface area contributed by atoms with Crippen LogP contribution in [0.4, 0.5) is 10.1 Å². The number of halogens is 1. The second kappa shape index (κ2) is 11.6. The van der Waals surface area contributed by atoms with Crippen LogP contribution in [0.3, 0.4) is 0 Å². The minimum atomic E-state index is -0.370. The number of likely N-dealkylation sites (N-methyl/N-ethyl adjacent to an activating group) is 1. The van der Waals surface area contributed by atoms with Crippen molar-refractivity contribution in [3.63, 3.8) is 0 Å². The number of hydrazone groups is 2. The number of rotatable bonds is 10. The zero-order valence-electron chi connectivity index (χ0n) is 18.4. The van der Waals surface area contributed by atoms with Gasteiger partial charge in [0, 0.05) is 24.4 Å². The van der Waals surface area contributed by atoms with Gasteiger partial charge in [0.2, 0.25) is 0 Å². The normalized spacial score (nSPS) is 12.5. The first-order valence-electron chi connectivity index (χ1n) is 10.1. The maximum absolute atomic E-state index is 13.3. The van der Waals surface area contributed by atoms with E-state index in [2.05, 4.69) is 15.6 Å². The van der Waals surface area contributed by atoms with Crippen molar-refractivity contribution in [1.29, 1.82) is 5.41 Å². The fraction of sp³-hybridized carbons (Fsp3) is 0.273. The van der Waals surface area contributed by atoms with Gasteiger partial charge in [0.15, 0.2) is 5.84 Å². The van der Waals surface area contributed by atoms with Gasteiger partial charge in [0.25, 0.3) is 5.91 Å². The fourth-order valence-electron chi connectivity index (χ4n) is 3.11. The van der Waals surface area contributed by atoms with Gasteiger partial charge < -0.3 is 16.0 Å². The van der Waals surface area contributed by atoms with Gasteiger partial charge in [-0.25, -0.2) is 15.4 Å². The molecule has 2 aromatic carbocycles. The average molecular weight is 441 g/mol. The van der Waals surface area contributed by atoms with Crippen LogP contribution in [0.25, 0.3) is 0 Å². The number of amidine groups is 1. The van der Waals surface area contributed by atoms with Crippen molar-refractivity contribution in [3.05, 3.63) is 65.0 Å². The van der Waals surface area contributed by atoms with Gasteiger partial charge in [0.05, 0.1) is 24.0 Å². The molecule has 10 heteroatoms. The van der Waals surface area contributed by atoms with Crippen molar-refractivity contribution in [2.45, 2.75) is 26.8 Å². The van der Waals surface area contributed by atoms with Crippen LogP contribution in [0.5, 0.6) is 0 Å². The summed E-state index contributed by atoms with van der Waals surface area (Å²) in [5, 5.41) is 16.2. The summed E-state index contributed by atoms with van der Waals surface area (Å²) >= 11 is 0. The topological polar surface area (TPSA) is 136 Å². The Labute approximate surface area is 187 Å². The number of amides is 1. The summed E-state index contributed by atoms with van der Waals surface area (Å²) < 4.78 is 13.1. The Hall–Kier alpha value is -3.79. The first-order chi connectivity index (χ1) is 15.3. The minimum absolute atomic E-state index is 0.142. The molecule has 170 valence electrons. The number of hydrogen-bond acceptors (Lipinski definition) is 7. The van der Waals surface area contributed by atoms with E-state index in [1.165, 1.54) is 35.6 Å². The molecule has 2 rings (SSSR count). The van der Waals surface area contributed by atoms with Crippen LogP contribution in [-0.2, 0) is 0 Å². The van der Waals surface area contributed by atoms with Crippen molar-refractivity contribution in [3.8, 4) is 0 Å². The van der Waals surface area contributed by atoms with Gasteiger partial charge >= 0.3 is 0 Å². The maximum atomic E-state index is 13.3. The van der Waals surface area contributed by atoms with Crippen LogP contribution in [0.15, 0.2) is 52.7 Å². The number of anilines is 1. The molecule has 0 bridgehead atoms. The molecule has 9 nitrogen and oxygen atoms in total. The van der Waals surface area contributed by atoms with Crippen LogP contribution in [0.1, 0.15) is 35.3 Å². The number of carbonyl (C=O) groups is 1. The zero-order valence-corrected chi connectivity index (χ0v) is 18.4. The molecule has 0 radical (unpaired) electrons. The summed E-state index contributed by atoms with van der Waals surface area (Å²) in [6.07, 6.45) is 2.32. The van der Waals surface area contributed by atoms with E-state index in [0.717, 1.165) is 11.8 Å². The van der Waals surface area contributed by atoms with Crippen molar-refractivity contribution in [2.75, 3.05) is 18.5 Å². The molecule has 0 unspecified atom stereocenters. The number of benzene rings is 2. The van der Waals surface area contributed by atoms with Crippen LogP contribution in [0, 0.1) is 18.2 Å². The second-order valence-electron chi connectivity index (χ2n) is 7.16. The van der Waals surface area contributed by atoms with Crippen molar-refractivity contribution in [2.24, 2.45) is 21.8 Å². The fourth-order valence-corrected chi connectivity index (χ4v) is 3.11. The lowest BCUT2D eigenvalue weighted by atomic mass is 10.1. The van der Waals surface area contributed by atoms with E-state index in [9.17, 15) is 9.18 Å². The molecule has 32 heavy (non-hydrogen) atoms. The Morgan fingerprint density at radius 3 is 2.59 bits per heavy atom. The predicted molar refractivity (Wildman–Crippen MR) is 126 cm³/mol. The Morgan fingerprint density at radius 2 is 1.97 bits per heavy atom. The Kier molecular flexibility index (Phi) is 8.84. The predicted octanol–water partition coefficient (Wildman–Crippen LogP) is 2.53. The number of hydrogen-bond donors (Lipinski definition) is 4. The molecule has 0 spiro atoms. The second-order valence-corrected chi connectivity index (χ2v) is 7.16. The first-order valence-corrected chi connectivity index (χ1v) is 10.1. The van der Waals surface area contributed by atoms with Gasteiger partial charge in [0.1, 0.15) is 5.82 Å². The molecular formula is C22H29FN8O. The number of hydrazine groups is 1. The average Bonchev–Trinajstić information content (AvgIpc) is 2.75. The third-order valence-corrected chi connectivity index (χ3v) is 4.70. The van der Waals surface area contributed by atoms with E-state index in [4.69, 9.17) is 17.0 Å². The molecule has 0 heterocycles. The quantitative estimate of drug-likeness (QED) is 0.195. The highest BCUT2D eigenvalue weighted by Crippen LogP contribution is 2.21. The van der Waals surface area contributed by atoms with E-state index < -0.39 is 0 Å². The third kappa shape index (κ3) is 6.61. The summed E-state index contributed by atoms with van der Waals surface area (Å²) in [6.45, 7) is 6.31. The number of aryl methyl sites for hydroxylation is 1. The van der Waals surface area contributed by atoms with Crippen LogP contribution >= 0.6 is 0 Å². The van der Waals surface area contributed by atoms with Gasteiger partial charge in [-0.3, -0.25) is 10.2 Å². The van der Waals surface area contributed by atoms with Crippen LogP contribution in [-0.4, -0.2) is 53.3 Å². The van der Waals surface area contributed by atoms with E-state index >= 15 is 0 Å². The highest BCUT2D eigenvalue weighted by Gasteiger charge is 2.23. The summed E-state index contributed by atoms with van der Waals surface area (Å²) in [5.74, 6) is 5.59. The van der Waals surface area contributed by atoms with Crippen molar-refractivity contribution < 1.29 is 9.18 Å². The molecule has 0 fully saturated rings. The van der Waals surface area contributed by atoms with E-state index in [-0.39, 0.29) is 30.1 Å². The molecule has 0 aromatic heterocycles. The maximum Gasteiger partial charge on any atom is 0.256 e. The Morgan fingerprint density at radius 1 is 1.28 bits per heavy atom. The molecule has 2 aromatic rings. The minimum Gasteiger partial charge on any atom is -0.382 e. The lowest BCUT2D eigenvalue weighted by Crippen LogP contribution is -2.46. The smallest absolute Gasteiger partial charge is 0.256 e. The summed E-state index contributed by atoms with van der Waals surface area (Å²) in [6, 6.07) is 10.7. The van der Waals surface area contributed by atoms with Gasteiger partial charge in [-0.2, -0.15) is 5.10 Å². The highest BCUT2D eigenvalue weighted by molar-refractivity contribution is 6.14. The van der Waals surface area contributed by atoms with Crippen LogP contribution < -0.4 is 17.0 Å². The number of nitrogens with one attached hydrogen (secondary N) is 2. The Balaban J connectivity index is 2.17. The lowest BCUT2D eigenvalue weighted by Gasteiger charge is -2.30. The van der Waals surface area contributed by atoms with Crippen LogP contribution in [0.2, 0.25) is 0 Å². The molecule has 0 aliphatic heterocycles. The molecular weight excluding hydrogens is 411 g/mol. The molecule has 0 saturated carbocycles. The largest absolute Gasteiger partial charge is 0.382 e. The molecule has 1 amide bonds. The molecule has 6 N–H and O–H groups in total. The lowest BCUT2D eigenvalue weighted by molar-refractivity contribution is 0.0662. The van der Waals surface area contributed by atoms with E-state index in [1.807, 2.05) is 26.8 Å². The monoisotopic (exact) mass is 440 g/mol. The first kappa shape index (κ1) is 24.5. The molecule has 1 atom stereocenters. The standard InChI is InChI=1S/C22H29FN8O/c1-4-30(22(32)19-13-15(2)5-10-20(19)28-27-12-11-24)16(3)14-31(26)29-21(25)17-6-8-18(23)9-7-17/h5-13,16,24,28H,4,14,26H2,1-3H3,(H2,25,29)/b24-11?,27-12-/t16-/m0/s1.